The van der Waals surface area contributed by atoms with Crippen LogP contribution in [0.4, 0.5) is 0 Å². The topological polar surface area (TPSA) is 71.8 Å². The van der Waals surface area contributed by atoms with Crippen LogP contribution in [0, 0.1) is 5.92 Å². The van der Waals surface area contributed by atoms with Gasteiger partial charge in [-0.1, -0.05) is 32.0 Å². The van der Waals surface area contributed by atoms with Gasteiger partial charge in [0.15, 0.2) is 0 Å². The fraction of sp³-hybridized carbons (Fsp3) is 0.400. The van der Waals surface area contributed by atoms with Crippen LogP contribution in [0.2, 0.25) is 0 Å². The summed E-state index contributed by atoms with van der Waals surface area (Å²) in [4.78, 5) is 13.1. The van der Waals surface area contributed by atoms with Gasteiger partial charge in [-0.2, -0.15) is 15.0 Å². The summed E-state index contributed by atoms with van der Waals surface area (Å²) in [7, 11) is 0. The molecule has 0 aliphatic rings. The highest BCUT2D eigenvalue weighted by Crippen LogP contribution is 2.03. The van der Waals surface area contributed by atoms with E-state index in [1.165, 1.54) is 0 Å². The zero-order valence-electron chi connectivity index (χ0n) is 12.4. The van der Waals surface area contributed by atoms with Crippen molar-refractivity contribution < 1.29 is 4.79 Å². The second kappa shape index (κ2) is 7.54. The van der Waals surface area contributed by atoms with Crippen LogP contribution < -0.4 is 10.6 Å². The molecule has 2 N–H and O–H groups in total. The van der Waals surface area contributed by atoms with Crippen LogP contribution in [-0.4, -0.2) is 34.0 Å². The number of nitrogens with one attached hydrogen (secondary N) is 2. The van der Waals surface area contributed by atoms with E-state index in [4.69, 9.17) is 0 Å². The van der Waals surface area contributed by atoms with Crippen LogP contribution in [0.15, 0.2) is 36.5 Å². The quantitative estimate of drug-likeness (QED) is 0.801. The van der Waals surface area contributed by atoms with Gasteiger partial charge in [0, 0.05) is 13.1 Å². The maximum absolute atomic E-state index is 11.5. The zero-order valence-corrected chi connectivity index (χ0v) is 12.4. The van der Waals surface area contributed by atoms with Crippen molar-refractivity contribution in [2.24, 2.45) is 5.92 Å². The Labute approximate surface area is 124 Å². The normalized spacial score (nSPS) is 10.8. The minimum atomic E-state index is -0.000786. The Hall–Kier alpha value is -2.21. The molecular formula is C15H21N5O. The van der Waals surface area contributed by atoms with Gasteiger partial charge in [-0.15, -0.1) is 0 Å². The second-order valence-corrected chi connectivity index (χ2v) is 5.26. The van der Waals surface area contributed by atoms with Crippen molar-refractivity contribution in [3.63, 3.8) is 0 Å². The molecule has 2 aromatic rings. The van der Waals surface area contributed by atoms with Crippen molar-refractivity contribution in [2.45, 2.75) is 20.4 Å². The number of carbonyl (C=O) groups excluding carboxylic acids is 1. The van der Waals surface area contributed by atoms with Gasteiger partial charge in [0.2, 0.25) is 5.91 Å². The molecule has 1 heterocycles. The number of para-hydroxylation sites is 1. The van der Waals surface area contributed by atoms with Crippen LogP contribution in [-0.2, 0) is 11.3 Å². The molecule has 1 aromatic heterocycles. The number of benzene rings is 1. The first-order chi connectivity index (χ1) is 10.1. The molecule has 0 aliphatic heterocycles. The number of amides is 1. The lowest BCUT2D eigenvalue weighted by Gasteiger charge is -2.07. The third kappa shape index (κ3) is 5.00. The van der Waals surface area contributed by atoms with Gasteiger partial charge in [-0.3, -0.25) is 4.79 Å². The number of carbonyl (C=O) groups is 1. The Balaban J connectivity index is 1.77. The molecule has 0 saturated carbocycles. The summed E-state index contributed by atoms with van der Waals surface area (Å²) >= 11 is 0. The zero-order chi connectivity index (χ0) is 15.1. The first-order valence-electron chi connectivity index (χ1n) is 7.09. The van der Waals surface area contributed by atoms with Crippen molar-refractivity contribution in [3.05, 3.63) is 42.2 Å². The van der Waals surface area contributed by atoms with E-state index in [1.807, 2.05) is 30.3 Å². The van der Waals surface area contributed by atoms with Gasteiger partial charge in [-0.25, -0.2) is 0 Å². The predicted octanol–water partition coefficient (Wildman–Crippen LogP) is 1.13. The summed E-state index contributed by atoms with van der Waals surface area (Å²) < 4.78 is 0. The Morgan fingerprint density at radius 3 is 2.76 bits per heavy atom. The molecular weight excluding hydrogens is 266 g/mol. The van der Waals surface area contributed by atoms with Crippen molar-refractivity contribution in [2.75, 3.05) is 13.1 Å². The Kier molecular flexibility index (Phi) is 5.45. The number of aromatic nitrogens is 3. The maximum Gasteiger partial charge on any atom is 0.233 e. The summed E-state index contributed by atoms with van der Waals surface area (Å²) in [6.45, 7) is 5.63. The van der Waals surface area contributed by atoms with Crippen molar-refractivity contribution in [3.8, 4) is 5.69 Å². The first-order valence-corrected chi connectivity index (χ1v) is 7.09. The van der Waals surface area contributed by atoms with E-state index in [2.05, 4.69) is 34.7 Å². The average Bonchev–Trinajstić information content (AvgIpc) is 2.95. The molecule has 21 heavy (non-hydrogen) atoms. The Morgan fingerprint density at radius 2 is 2.05 bits per heavy atom. The lowest BCUT2D eigenvalue weighted by Crippen LogP contribution is -2.35. The summed E-state index contributed by atoms with van der Waals surface area (Å²) in [6.07, 6.45) is 1.70. The van der Waals surface area contributed by atoms with Crippen molar-refractivity contribution in [1.29, 1.82) is 0 Å². The van der Waals surface area contributed by atoms with E-state index in [-0.39, 0.29) is 12.5 Å². The molecule has 1 aromatic carbocycles. The number of nitrogens with zero attached hydrogens (tertiary/aromatic N) is 3. The standard InChI is InChI=1S/C15H21N5O/c1-12(2)8-17-15(21)11-16-9-13-10-18-20(19-13)14-6-4-3-5-7-14/h3-7,10,12,16H,8-9,11H2,1-2H3,(H,17,21). The molecule has 6 nitrogen and oxygen atoms in total. The van der Waals surface area contributed by atoms with Gasteiger partial charge in [0.1, 0.15) is 0 Å². The molecule has 0 fully saturated rings. The molecule has 2 rings (SSSR count). The summed E-state index contributed by atoms with van der Waals surface area (Å²) in [5, 5.41) is 14.5. The number of rotatable bonds is 7. The fourth-order valence-corrected chi connectivity index (χ4v) is 1.75. The largest absolute Gasteiger partial charge is 0.355 e. The molecule has 0 saturated heterocycles. The van der Waals surface area contributed by atoms with Crippen molar-refractivity contribution >= 4 is 5.91 Å². The Bertz CT molecular complexity index is 564. The van der Waals surface area contributed by atoms with Crippen LogP contribution in [0.1, 0.15) is 19.5 Å². The molecule has 112 valence electrons. The molecule has 0 spiro atoms. The second-order valence-electron chi connectivity index (χ2n) is 5.26. The monoisotopic (exact) mass is 287 g/mol. The van der Waals surface area contributed by atoms with Gasteiger partial charge < -0.3 is 10.6 Å². The highest BCUT2D eigenvalue weighted by atomic mass is 16.1. The minimum absolute atomic E-state index is 0.000786. The van der Waals surface area contributed by atoms with E-state index >= 15 is 0 Å². The molecule has 0 unspecified atom stereocenters. The molecule has 0 aliphatic carbocycles. The lowest BCUT2D eigenvalue weighted by molar-refractivity contribution is -0.120. The molecule has 6 heteroatoms. The highest BCUT2D eigenvalue weighted by Gasteiger charge is 2.04. The third-order valence-corrected chi connectivity index (χ3v) is 2.83. The SMILES string of the molecule is CC(C)CNC(=O)CNCc1cnn(-c2ccccc2)n1. The molecule has 1 amide bonds. The highest BCUT2D eigenvalue weighted by molar-refractivity contribution is 5.77. The van der Waals surface area contributed by atoms with Crippen LogP contribution in [0.25, 0.3) is 5.69 Å². The van der Waals surface area contributed by atoms with Gasteiger partial charge >= 0.3 is 0 Å². The molecule has 0 bridgehead atoms. The maximum atomic E-state index is 11.5. The molecule has 0 radical (unpaired) electrons. The minimum Gasteiger partial charge on any atom is -0.355 e. The first kappa shape index (κ1) is 15.2. The van der Waals surface area contributed by atoms with Gasteiger partial charge in [0.05, 0.1) is 24.1 Å². The summed E-state index contributed by atoms with van der Waals surface area (Å²) in [5.74, 6) is 0.457. The van der Waals surface area contributed by atoms with E-state index in [0.29, 0.717) is 19.0 Å². The Morgan fingerprint density at radius 1 is 1.29 bits per heavy atom. The van der Waals surface area contributed by atoms with Crippen LogP contribution in [0.5, 0.6) is 0 Å². The van der Waals surface area contributed by atoms with Crippen molar-refractivity contribution in [1.82, 2.24) is 25.6 Å². The predicted molar refractivity (Wildman–Crippen MR) is 80.9 cm³/mol. The molecule has 0 atom stereocenters. The summed E-state index contributed by atoms with van der Waals surface area (Å²) in [5.41, 5.74) is 1.72. The number of hydrogen-bond donors (Lipinski definition) is 2. The van der Waals surface area contributed by atoms with E-state index in [1.54, 1.807) is 11.0 Å². The smallest absolute Gasteiger partial charge is 0.233 e. The van der Waals surface area contributed by atoms with Crippen LogP contribution >= 0.6 is 0 Å². The fourth-order valence-electron chi connectivity index (χ4n) is 1.75. The average molecular weight is 287 g/mol. The van der Waals surface area contributed by atoms with E-state index in [9.17, 15) is 4.79 Å². The summed E-state index contributed by atoms with van der Waals surface area (Å²) in [6, 6.07) is 9.71. The van der Waals surface area contributed by atoms with E-state index in [0.717, 1.165) is 11.4 Å². The van der Waals surface area contributed by atoms with E-state index < -0.39 is 0 Å². The number of hydrogen-bond acceptors (Lipinski definition) is 4. The lowest BCUT2D eigenvalue weighted by atomic mass is 10.2. The van der Waals surface area contributed by atoms with Gasteiger partial charge in [-0.05, 0) is 18.1 Å². The van der Waals surface area contributed by atoms with Crippen LogP contribution in [0.3, 0.4) is 0 Å². The third-order valence-electron chi connectivity index (χ3n) is 2.83. The van der Waals surface area contributed by atoms with Gasteiger partial charge in [0.25, 0.3) is 0 Å².